The molecule has 0 fully saturated rings. The van der Waals surface area contributed by atoms with Gasteiger partial charge in [0.25, 0.3) is 0 Å². The second-order valence-electron chi connectivity index (χ2n) is 3.49. The fourth-order valence-electron chi connectivity index (χ4n) is 1.07. The van der Waals surface area contributed by atoms with Crippen LogP contribution in [0.3, 0.4) is 0 Å². The van der Waals surface area contributed by atoms with Crippen LogP contribution in [0.2, 0.25) is 0 Å². The molecule has 0 saturated carbocycles. The van der Waals surface area contributed by atoms with Crippen LogP contribution < -0.4 is 0 Å². The van der Waals surface area contributed by atoms with Gasteiger partial charge < -0.3 is 14.2 Å². The molecule has 1 unspecified atom stereocenters. The molecule has 0 aliphatic carbocycles. The number of esters is 2. The van der Waals surface area contributed by atoms with Gasteiger partial charge in [0.15, 0.2) is 0 Å². The highest BCUT2D eigenvalue weighted by Gasteiger charge is 2.08. The van der Waals surface area contributed by atoms with Gasteiger partial charge in [-0.25, -0.2) is 4.79 Å². The van der Waals surface area contributed by atoms with Gasteiger partial charge >= 0.3 is 11.9 Å². The van der Waals surface area contributed by atoms with Crippen LogP contribution in [0.1, 0.15) is 13.3 Å². The molecule has 0 rings (SSSR count). The van der Waals surface area contributed by atoms with Crippen molar-refractivity contribution in [3.63, 3.8) is 0 Å². The van der Waals surface area contributed by atoms with Crippen LogP contribution in [0.15, 0.2) is 12.7 Å². The molecule has 5 nitrogen and oxygen atoms in total. The first kappa shape index (κ1) is 17.0. The van der Waals surface area contributed by atoms with E-state index in [-0.39, 0.29) is 38.3 Å². The van der Waals surface area contributed by atoms with E-state index in [2.05, 4.69) is 6.58 Å². The fourth-order valence-corrected chi connectivity index (χ4v) is 1.61. The van der Waals surface area contributed by atoms with E-state index in [0.29, 0.717) is 0 Å². The van der Waals surface area contributed by atoms with Crippen LogP contribution in [-0.2, 0) is 23.8 Å². The quantitative estimate of drug-likeness (QED) is 0.341. The third kappa shape index (κ3) is 10.2. The zero-order chi connectivity index (χ0) is 13.8. The number of hydrogen-bond acceptors (Lipinski definition) is 6. The van der Waals surface area contributed by atoms with Crippen molar-refractivity contribution in [1.29, 1.82) is 0 Å². The molecule has 0 saturated heterocycles. The predicted molar refractivity (Wildman–Crippen MR) is 70.5 cm³/mol. The number of thioether (sulfide) groups is 1. The molecule has 0 bridgehead atoms. The Kier molecular flexibility index (Phi) is 10.5. The topological polar surface area (TPSA) is 61.8 Å². The van der Waals surface area contributed by atoms with Gasteiger partial charge in [-0.2, -0.15) is 11.8 Å². The molecule has 0 aromatic heterocycles. The second-order valence-corrected chi connectivity index (χ2v) is 4.40. The Morgan fingerprint density at radius 1 is 1.33 bits per heavy atom. The normalized spacial score (nSPS) is 11.7. The molecular formula is C12H20O5S. The monoisotopic (exact) mass is 276 g/mol. The van der Waals surface area contributed by atoms with E-state index in [1.165, 1.54) is 0 Å². The maximum absolute atomic E-state index is 11.3. The number of ether oxygens (including phenoxy) is 3. The molecule has 104 valence electrons. The maximum Gasteiger partial charge on any atom is 0.330 e. The first-order chi connectivity index (χ1) is 8.60. The van der Waals surface area contributed by atoms with Crippen LogP contribution in [0.4, 0.5) is 0 Å². The van der Waals surface area contributed by atoms with Crippen molar-refractivity contribution in [2.45, 2.75) is 19.4 Å². The third-order valence-corrected chi connectivity index (χ3v) is 2.63. The van der Waals surface area contributed by atoms with Crippen LogP contribution in [0, 0.1) is 0 Å². The number of carbonyl (C=O) groups is 2. The summed E-state index contributed by atoms with van der Waals surface area (Å²) in [4.78, 5) is 22.0. The van der Waals surface area contributed by atoms with Crippen molar-refractivity contribution in [1.82, 2.24) is 0 Å². The molecule has 18 heavy (non-hydrogen) atoms. The van der Waals surface area contributed by atoms with Gasteiger partial charge in [-0.05, 0) is 13.2 Å². The average molecular weight is 276 g/mol. The molecule has 6 heteroatoms. The van der Waals surface area contributed by atoms with Crippen molar-refractivity contribution in [3.05, 3.63) is 12.7 Å². The average Bonchev–Trinajstić information content (AvgIpc) is 2.33. The molecule has 0 aliphatic heterocycles. The van der Waals surface area contributed by atoms with E-state index in [9.17, 15) is 9.59 Å². The molecular weight excluding hydrogens is 256 g/mol. The summed E-state index contributed by atoms with van der Waals surface area (Å²) in [5.41, 5.74) is 0. The first-order valence-electron chi connectivity index (χ1n) is 5.65. The standard InChI is InChI=1S/C12H20O5S/c1-4-11(13)16-8-7-15-6-5-12(14)17-10(2)9-18-3/h4,10H,1,5-9H2,2-3H3. The molecule has 1 atom stereocenters. The van der Waals surface area contributed by atoms with Crippen LogP contribution in [0.5, 0.6) is 0 Å². The Balaban J connectivity index is 3.40. The molecule has 0 heterocycles. The van der Waals surface area contributed by atoms with Gasteiger partial charge in [0, 0.05) is 11.8 Å². The number of carbonyl (C=O) groups excluding carboxylic acids is 2. The summed E-state index contributed by atoms with van der Waals surface area (Å²) in [6.07, 6.45) is 3.16. The highest BCUT2D eigenvalue weighted by atomic mass is 32.2. The summed E-state index contributed by atoms with van der Waals surface area (Å²) in [6.45, 7) is 5.79. The summed E-state index contributed by atoms with van der Waals surface area (Å²) < 4.78 is 14.9. The highest BCUT2D eigenvalue weighted by molar-refractivity contribution is 7.98. The molecule has 0 amide bonds. The first-order valence-corrected chi connectivity index (χ1v) is 7.05. The lowest BCUT2D eigenvalue weighted by atomic mass is 10.4. The van der Waals surface area contributed by atoms with E-state index < -0.39 is 5.97 Å². The molecule has 0 radical (unpaired) electrons. The SMILES string of the molecule is C=CC(=O)OCCOCCC(=O)OC(C)CSC. The Bertz CT molecular complexity index is 267. The molecule has 0 aromatic carbocycles. The number of hydrogen-bond donors (Lipinski definition) is 0. The Hall–Kier alpha value is -1.01. The summed E-state index contributed by atoms with van der Waals surface area (Å²) >= 11 is 1.63. The summed E-state index contributed by atoms with van der Waals surface area (Å²) in [5, 5.41) is 0. The molecule has 0 aliphatic rings. The van der Waals surface area contributed by atoms with E-state index in [1.54, 1.807) is 11.8 Å². The fraction of sp³-hybridized carbons (Fsp3) is 0.667. The lowest BCUT2D eigenvalue weighted by Crippen LogP contribution is -2.18. The van der Waals surface area contributed by atoms with E-state index in [0.717, 1.165) is 11.8 Å². The predicted octanol–water partition coefficient (Wildman–Crippen LogP) is 1.42. The van der Waals surface area contributed by atoms with E-state index >= 15 is 0 Å². The minimum atomic E-state index is -0.482. The minimum Gasteiger partial charge on any atom is -0.462 e. The van der Waals surface area contributed by atoms with Gasteiger partial charge in [0.2, 0.25) is 0 Å². The van der Waals surface area contributed by atoms with Crippen LogP contribution in [-0.4, -0.2) is 49.9 Å². The second kappa shape index (κ2) is 11.1. The van der Waals surface area contributed by atoms with Crippen LogP contribution >= 0.6 is 11.8 Å². The number of rotatable bonds is 10. The third-order valence-electron chi connectivity index (χ3n) is 1.82. The Labute approximate surface area is 112 Å². The molecule has 0 spiro atoms. The summed E-state index contributed by atoms with van der Waals surface area (Å²) in [6, 6.07) is 0. The minimum absolute atomic E-state index is 0.0824. The largest absolute Gasteiger partial charge is 0.462 e. The van der Waals surface area contributed by atoms with Crippen molar-refractivity contribution < 1.29 is 23.8 Å². The molecule has 0 aromatic rings. The van der Waals surface area contributed by atoms with Gasteiger partial charge in [-0.15, -0.1) is 0 Å². The van der Waals surface area contributed by atoms with Crippen molar-refractivity contribution in [3.8, 4) is 0 Å². The molecule has 0 N–H and O–H groups in total. The van der Waals surface area contributed by atoms with Gasteiger partial charge in [0.1, 0.15) is 12.7 Å². The van der Waals surface area contributed by atoms with Crippen molar-refractivity contribution in [2.75, 3.05) is 31.8 Å². The Morgan fingerprint density at radius 3 is 2.67 bits per heavy atom. The smallest absolute Gasteiger partial charge is 0.330 e. The summed E-state index contributed by atoms with van der Waals surface area (Å²) in [5.74, 6) is 0.0212. The van der Waals surface area contributed by atoms with E-state index in [1.807, 2.05) is 13.2 Å². The van der Waals surface area contributed by atoms with Gasteiger partial charge in [-0.3, -0.25) is 4.79 Å². The van der Waals surface area contributed by atoms with Crippen molar-refractivity contribution >= 4 is 23.7 Å². The maximum atomic E-state index is 11.3. The van der Waals surface area contributed by atoms with Gasteiger partial charge in [-0.1, -0.05) is 6.58 Å². The highest BCUT2D eigenvalue weighted by Crippen LogP contribution is 2.02. The lowest BCUT2D eigenvalue weighted by Gasteiger charge is -2.11. The van der Waals surface area contributed by atoms with Gasteiger partial charge in [0.05, 0.1) is 19.6 Å². The van der Waals surface area contributed by atoms with Crippen molar-refractivity contribution in [2.24, 2.45) is 0 Å². The lowest BCUT2D eigenvalue weighted by molar-refractivity contribution is -0.149. The van der Waals surface area contributed by atoms with Crippen LogP contribution in [0.25, 0.3) is 0 Å². The zero-order valence-corrected chi connectivity index (χ0v) is 11.7. The summed E-state index contributed by atoms with van der Waals surface area (Å²) in [7, 11) is 0. The van der Waals surface area contributed by atoms with E-state index in [4.69, 9.17) is 14.2 Å². The Morgan fingerprint density at radius 2 is 2.06 bits per heavy atom. The zero-order valence-electron chi connectivity index (χ0n) is 10.8.